The number of nitrogens with two attached hydrogens (primary N) is 1. The van der Waals surface area contributed by atoms with Crippen LogP contribution in [0.15, 0.2) is 0 Å². The Kier molecular flexibility index (Phi) is 5.63. The van der Waals surface area contributed by atoms with Crippen molar-refractivity contribution in [3.8, 4) is 0 Å². The molecule has 2 N–H and O–H groups in total. The number of hydrogen-bond acceptors (Lipinski definition) is 3. The van der Waals surface area contributed by atoms with E-state index >= 15 is 0 Å². The van der Waals surface area contributed by atoms with Crippen molar-refractivity contribution < 1.29 is 4.74 Å². The van der Waals surface area contributed by atoms with E-state index in [0.717, 1.165) is 19.7 Å². The summed E-state index contributed by atoms with van der Waals surface area (Å²) in [6.45, 7) is 11.9. The van der Waals surface area contributed by atoms with E-state index in [-0.39, 0.29) is 5.54 Å². The van der Waals surface area contributed by atoms with Gasteiger partial charge in [-0.05, 0) is 44.6 Å². The van der Waals surface area contributed by atoms with Crippen LogP contribution in [0.25, 0.3) is 0 Å². The van der Waals surface area contributed by atoms with Gasteiger partial charge in [0.1, 0.15) is 0 Å². The Morgan fingerprint density at radius 3 is 2.17 bits per heavy atom. The van der Waals surface area contributed by atoms with Gasteiger partial charge in [0.05, 0.1) is 6.61 Å². The minimum Gasteiger partial charge on any atom is -0.383 e. The van der Waals surface area contributed by atoms with Gasteiger partial charge in [-0.2, -0.15) is 0 Å². The highest BCUT2D eigenvalue weighted by Gasteiger charge is 2.42. The van der Waals surface area contributed by atoms with E-state index < -0.39 is 0 Å². The van der Waals surface area contributed by atoms with Crippen molar-refractivity contribution in [2.24, 2.45) is 11.1 Å². The molecule has 0 aromatic heterocycles. The summed E-state index contributed by atoms with van der Waals surface area (Å²) in [5.41, 5.74) is 6.84. The standard InChI is InChI=1S/C15H32N2O/c1-6-17(13(2)11-18-5)15(12-16)9-7-14(3,4)8-10-15/h13H,6-12,16H2,1-5H3. The molecule has 0 heterocycles. The highest BCUT2D eigenvalue weighted by Crippen LogP contribution is 2.43. The van der Waals surface area contributed by atoms with Gasteiger partial charge in [0.15, 0.2) is 0 Å². The normalized spacial score (nSPS) is 24.2. The molecule has 0 aliphatic heterocycles. The molecule has 1 aliphatic carbocycles. The fourth-order valence-corrected chi connectivity index (χ4v) is 3.45. The van der Waals surface area contributed by atoms with Crippen LogP contribution in [0.3, 0.4) is 0 Å². The molecular weight excluding hydrogens is 224 g/mol. The van der Waals surface area contributed by atoms with Crippen LogP contribution in [-0.2, 0) is 4.74 Å². The van der Waals surface area contributed by atoms with Crippen molar-refractivity contribution in [3.63, 3.8) is 0 Å². The summed E-state index contributed by atoms with van der Waals surface area (Å²) in [5.74, 6) is 0. The van der Waals surface area contributed by atoms with E-state index in [2.05, 4.69) is 32.6 Å². The molecule has 0 radical (unpaired) electrons. The number of methoxy groups -OCH3 is 1. The number of ether oxygens (including phenoxy) is 1. The summed E-state index contributed by atoms with van der Waals surface area (Å²) in [6.07, 6.45) is 5.00. The highest BCUT2D eigenvalue weighted by atomic mass is 16.5. The average molecular weight is 256 g/mol. The Labute approximate surface area is 113 Å². The van der Waals surface area contributed by atoms with Crippen molar-refractivity contribution in [1.82, 2.24) is 4.90 Å². The molecule has 1 atom stereocenters. The van der Waals surface area contributed by atoms with Crippen molar-refractivity contribution in [1.29, 1.82) is 0 Å². The topological polar surface area (TPSA) is 38.5 Å². The van der Waals surface area contributed by atoms with E-state index in [1.807, 2.05) is 0 Å². The van der Waals surface area contributed by atoms with Gasteiger partial charge in [-0.1, -0.05) is 20.8 Å². The molecule has 0 spiro atoms. The fourth-order valence-electron chi connectivity index (χ4n) is 3.45. The van der Waals surface area contributed by atoms with Gasteiger partial charge in [0.25, 0.3) is 0 Å². The van der Waals surface area contributed by atoms with Crippen LogP contribution in [0, 0.1) is 5.41 Å². The molecule has 0 aromatic rings. The Bertz CT molecular complexity index is 243. The maximum absolute atomic E-state index is 6.15. The molecule has 1 saturated carbocycles. The van der Waals surface area contributed by atoms with Gasteiger partial charge < -0.3 is 10.5 Å². The van der Waals surface area contributed by atoms with Crippen molar-refractivity contribution in [2.45, 2.75) is 65.0 Å². The predicted octanol–water partition coefficient (Wildman–Crippen LogP) is 2.64. The van der Waals surface area contributed by atoms with Gasteiger partial charge in [-0.15, -0.1) is 0 Å². The predicted molar refractivity (Wildman–Crippen MR) is 77.8 cm³/mol. The highest BCUT2D eigenvalue weighted by molar-refractivity contribution is 4.99. The molecule has 0 aromatic carbocycles. The lowest BCUT2D eigenvalue weighted by Crippen LogP contribution is -2.60. The lowest BCUT2D eigenvalue weighted by Gasteiger charge is -2.51. The number of likely N-dealkylation sites (N-methyl/N-ethyl adjacent to an activating group) is 1. The number of hydrogen-bond donors (Lipinski definition) is 1. The monoisotopic (exact) mass is 256 g/mol. The van der Waals surface area contributed by atoms with E-state index in [0.29, 0.717) is 11.5 Å². The van der Waals surface area contributed by atoms with E-state index in [1.165, 1.54) is 25.7 Å². The van der Waals surface area contributed by atoms with Crippen molar-refractivity contribution >= 4 is 0 Å². The molecule has 3 heteroatoms. The van der Waals surface area contributed by atoms with Crippen LogP contribution in [0.5, 0.6) is 0 Å². The molecule has 108 valence electrons. The van der Waals surface area contributed by atoms with Crippen LogP contribution in [0.1, 0.15) is 53.4 Å². The third-order valence-corrected chi connectivity index (χ3v) is 4.80. The first kappa shape index (κ1) is 15.9. The van der Waals surface area contributed by atoms with Gasteiger partial charge in [0, 0.05) is 25.2 Å². The second-order valence-electron chi connectivity index (χ2n) is 6.68. The van der Waals surface area contributed by atoms with E-state index in [4.69, 9.17) is 10.5 Å². The van der Waals surface area contributed by atoms with Gasteiger partial charge in [0.2, 0.25) is 0 Å². The smallest absolute Gasteiger partial charge is 0.0615 e. The quantitative estimate of drug-likeness (QED) is 0.794. The molecule has 0 bridgehead atoms. The molecule has 3 nitrogen and oxygen atoms in total. The summed E-state index contributed by atoms with van der Waals surface area (Å²) in [7, 11) is 1.78. The van der Waals surface area contributed by atoms with Gasteiger partial charge >= 0.3 is 0 Å². The SMILES string of the molecule is CCN(C(C)COC)C1(CN)CCC(C)(C)CC1. The fraction of sp³-hybridized carbons (Fsp3) is 1.00. The zero-order valence-electron chi connectivity index (χ0n) is 13.0. The Balaban J connectivity index is 2.79. The second-order valence-corrected chi connectivity index (χ2v) is 6.68. The molecule has 1 unspecified atom stereocenters. The summed E-state index contributed by atoms with van der Waals surface area (Å²) in [6, 6.07) is 0.449. The van der Waals surface area contributed by atoms with Crippen molar-refractivity contribution in [3.05, 3.63) is 0 Å². The summed E-state index contributed by atoms with van der Waals surface area (Å²) in [5, 5.41) is 0. The van der Waals surface area contributed by atoms with Gasteiger partial charge in [-0.3, -0.25) is 4.90 Å². The molecule has 1 rings (SSSR count). The third-order valence-electron chi connectivity index (χ3n) is 4.80. The first-order valence-electron chi connectivity index (χ1n) is 7.36. The minimum atomic E-state index is 0.197. The molecular formula is C15H32N2O. The maximum Gasteiger partial charge on any atom is 0.0615 e. The Morgan fingerprint density at radius 1 is 1.22 bits per heavy atom. The maximum atomic E-state index is 6.15. The van der Waals surface area contributed by atoms with Crippen LogP contribution in [-0.4, -0.2) is 43.3 Å². The molecule has 18 heavy (non-hydrogen) atoms. The van der Waals surface area contributed by atoms with Crippen LogP contribution in [0.4, 0.5) is 0 Å². The largest absolute Gasteiger partial charge is 0.383 e. The molecule has 0 amide bonds. The lowest BCUT2D eigenvalue weighted by atomic mass is 9.68. The van der Waals surface area contributed by atoms with Crippen molar-refractivity contribution in [2.75, 3.05) is 26.8 Å². The molecule has 0 saturated heterocycles. The minimum absolute atomic E-state index is 0.197. The van der Waals surface area contributed by atoms with E-state index in [1.54, 1.807) is 7.11 Å². The lowest BCUT2D eigenvalue weighted by molar-refractivity contribution is -0.0204. The van der Waals surface area contributed by atoms with Crippen LogP contribution < -0.4 is 5.73 Å². The average Bonchev–Trinajstić information content (AvgIpc) is 2.33. The zero-order chi connectivity index (χ0) is 13.8. The molecule has 1 aliphatic rings. The van der Waals surface area contributed by atoms with Crippen LogP contribution >= 0.6 is 0 Å². The van der Waals surface area contributed by atoms with Crippen LogP contribution in [0.2, 0.25) is 0 Å². The molecule has 1 fully saturated rings. The first-order valence-corrected chi connectivity index (χ1v) is 7.36. The number of rotatable bonds is 6. The summed E-state index contributed by atoms with van der Waals surface area (Å²) >= 11 is 0. The Hall–Kier alpha value is -0.120. The third kappa shape index (κ3) is 3.46. The summed E-state index contributed by atoms with van der Waals surface area (Å²) in [4.78, 5) is 2.58. The first-order chi connectivity index (χ1) is 8.40. The Morgan fingerprint density at radius 2 is 1.78 bits per heavy atom. The van der Waals surface area contributed by atoms with E-state index in [9.17, 15) is 0 Å². The van der Waals surface area contributed by atoms with Gasteiger partial charge in [-0.25, -0.2) is 0 Å². The second kappa shape index (κ2) is 6.36. The number of nitrogens with zero attached hydrogens (tertiary/aromatic N) is 1. The summed E-state index contributed by atoms with van der Waals surface area (Å²) < 4.78 is 5.33. The zero-order valence-corrected chi connectivity index (χ0v) is 13.0.